The van der Waals surface area contributed by atoms with Crippen LogP contribution in [0.25, 0.3) is 0 Å². The second-order valence-corrected chi connectivity index (χ2v) is 5.84. The first-order valence-corrected chi connectivity index (χ1v) is 8.36. The van der Waals surface area contributed by atoms with Crippen molar-refractivity contribution in [1.29, 1.82) is 0 Å². The van der Waals surface area contributed by atoms with Gasteiger partial charge in [-0.1, -0.05) is 40.2 Å². The predicted octanol–water partition coefficient (Wildman–Crippen LogP) is 3.80. The number of benzene rings is 2. The molecule has 2 aromatic rings. The van der Waals surface area contributed by atoms with Gasteiger partial charge in [-0.3, -0.25) is 4.79 Å². The molecule has 0 bridgehead atoms. The molecule has 0 fully saturated rings. The zero-order valence-electron chi connectivity index (χ0n) is 12.8. The van der Waals surface area contributed by atoms with Crippen LogP contribution >= 0.6 is 15.9 Å². The van der Waals surface area contributed by atoms with Gasteiger partial charge in [-0.2, -0.15) is 0 Å². The molecule has 0 aromatic heterocycles. The minimum atomic E-state index is 0.0134. The van der Waals surface area contributed by atoms with Crippen molar-refractivity contribution in [3.63, 3.8) is 0 Å². The van der Waals surface area contributed by atoms with Crippen LogP contribution in [0.15, 0.2) is 59.1 Å². The Kier molecular flexibility index (Phi) is 7.46. The lowest BCUT2D eigenvalue weighted by molar-refractivity contribution is -0.121. The van der Waals surface area contributed by atoms with Crippen molar-refractivity contribution in [2.45, 2.75) is 12.8 Å². The lowest BCUT2D eigenvalue weighted by atomic mass is 10.3. The van der Waals surface area contributed by atoms with Gasteiger partial charge in [0.25, 0.3) is 0 Å². The van der Waals surface area contributed by atoms with Crippen molar-refractivity contribution in [3.05, 3.63) is 59.1 Å². The normalized spacial score (nSPS) is 10.1. The van der Waals surface area contributed by atoms with E-state index in [4.69, 9.17) is 9.47 Å². The summed E-state index contributed by atoms with van der Waals surface area (Å²) >= 11 is 3.38. The number of para-hydroxylation sites is 1. The average molecular weight is 378 g/mol. The summed E-state index contributed by atoms with van der Waals surface area (Å²) in [5.74, 6) is 1.62. The van der Waals surface area contributed by atoms with Crippen LogP contribution in [-0.2, 0) is 4.79 Å². The molecule has 2 rings (SSSR count). The van der Waals surface area contributed by atoms with Gasteiger partial charge in [0.05, 0.1) is 13.2 Å². The summed E-state index contributed by atoms with van der Waals surface area (Å²) in [5.41, 5.74) is 0. The van der Waals surface area contributed by atoms with Gasteiger partial charge in [-0.25, -0.2) is 0 Å². The lowest BCUT2D eigenvalue weighted by Crippen LogP contribution is -2.28. The fraction of sp³-hybridized carbons (Fsp3) is 0.278. The molecule has 0 spiro atoms. The molecule has 0 saturated heterocycles. The van der Waals surface area contributed by atoms with E-state index in [9.17, 15) is 4.79 Å². The minimum Gasteiger partial charge on any atom is -0.494 e. The van der Waals surface area contributed by atoms with E-state index in [1.807, 2.05) is 54.6 Å². The van der Waals surface area contributed by atoms with E-state index in [1.54, 1.807) is 0 Å². The molecule has 0 aliphatic carbocycles. The first kappa shape index (κ1) is 17.3. The number of nitrogens with one attached hydrogen (secondary N) is 1. The van der Waals surface area contributed by atoms with E-state index in [-0.39, 0.29) is 5.91 Å². The van der Waals surface area contributed by atoms with E-state index >= 15 is 0 Å². The third-order valence-corrected chi connectivity index (χ3v) is 3.54. The molecule has 4 nitrogen and oxygen atoms in total. The first-order chi connectivity index (χ1) is 11.2. The molecule has 2 aromatic carbocycles. The second kappa shape index (κ2) is 9.90. The van der Waals surface area contributed by atoms with Crippen LogP contribution < -0.4 is 14.8 Å². The molecule has 23 heavy (non-hydrogen) atoms. The van der Waals surface area contributed by atoms with Crippen LogP contribution in [0.5, 0.6) is 11.5 Å². The van der Waals surface area contributed by atoms with E-state index in [2.05, 4.69) is 21.2 Å². The highest BCUT2D eigenvalue weighted by molar-refractivity contribution is 9.10. The van der Waals surface area contributed by atoms with Crippen molar-refractivity contribution >= 4 is 21.8 Å². The molecule has 0 unspecified atom stereocenters. The topological polar surface area (TPSA) is 47.6 Å². The van der Waals surface area contributed by atoms with E-state index in [0.717, 1.165) is 16.0 Å². The fourth-order valence-corrected chi connectivity index (χ4v) is 2.32. The summed E-state index contributed by atoms with van der Waals surface area (Å²) in [6, 6.07) is 17.2. The number of rotatable bonds is 9. The maximum atomic E-state index is 11.7. The van der Waals surface area contributed by atoms with Crippen LogP contribution in [0.3, 0.4) is 0 Å². The lowest BCUT2D eigenvalue weighted by Gasteiger charge is -2.08. The average Bonchev–Trinajstić information content (AvgIpc) is 2.57. The molecular weight excluding hydrogens is 358 g/mol. The third kappa shape index (κ3) is 7.19. The van der Waals surface area contributed by atoms with Crippen LogP contribution in [0, 0.1) is 0 Å². The summed E-state index contributed by atoms with van der Waals surface area (Å²) in [7, 11) is 0. The number of halogens is 1. The SMILES string of the molecule is O=C(CCCOc1ccccc1)NCCOc1cccc(Br)c1. The summed E-state index contributed by atoms with van der Waals surface area (Å²) in [6.07, 6.45) is 1.14. The number of carbonyl (C=O) groups excluding carboxylic acids is 1. The van der Waals surface area contributed by atoms with Crippen molar-refractivity contribution in [1.82, 2.24) is 5.32 Å². The number of hydrogen-bond acceptors (Lipinski definition) is 3. The quantitative estimate of drug-likeness (QED) is 0.676. The predicted molar refractivity (Wildman–Crippen MR) is 93.8 cm³/mol. The third-order valence-electron chi connectivity index (χ3n) is 3.05. The standard InChI is InChI=1S/C18H20BrNO3/c19-15-6-4-9-17(14-15)23-13-11-20-18(21)10-5-12-22-16-7-2-1-3-8-16/h1-4,6-9,14H,5,10-13H2,(H,20,21). The van der Waals surface area contributed by atoms with Gasteiger partial charge in [-0.15, -0.1) is 0 Å². The van der Waals surface area contributed by atoms with E-state index in [1.165, 1.54) is 0 Å². The second-order valence-electron chi connectivity index (χ2n) is 4.92. The molecule has 0 saturated carbocycles. The smallest absolute Gasteiger partial charge is 0.220 e. The highest BCUT2D eigenvalue weighted by Crippen LogP contribution is 2.17. The van der Waals surface area contributed by atoms with Crippen LogP contribution in [-0.4, -0.2) is 25.7 Å². The largest absolute Gasteiger partial charge is 0.494 e. The summed E-state index contributed by atoms with van der Waals surface area (Å²) in [5, 5.41) is 2.83. The maximum Gasteiger partial charge on any atom is 0.220 e. The Balaban J connectivity index is 1.52. The molecule has 5 heteroatoms. The van der Waals surface area contributed by atoms with E-state index in [0.29, 0.717) is 32.6 Å². The fourth-order valence-electron chi connectivity index (χ4n) is 1.94. The van der Waals surface area contributed by atoms with Crippen LogP contribution in [0.2, 0.25) is 0 Å². The van der Waals surface area contributed by atoms with Gasteiger partial charge in [-0.05, 0) is 36.8 Å². The van der Waals surface area contributed by atoms with Gasteiger partial charge in [0.1, 0.15) is 18.1 Å². The monoisotopic (exact) mass is 377 g/mol. The Labute approximate surface area is 144 Å². The molecule has 0 heterocycles. The summed E-state index contributed by atoms with van der Waals surface area (Å²) in [6.45, 7) is 1.47. The summed E-state index contributed by atoms with van der Waals surface area (Å²) < 4.78 is 12.1. The number of ether oxygens (including phenoxy) is 2. The molecule has 0 radical (unpaired) electrons. The zero-order chi connectivity index (χ0) is 16.3. The van der Waals surface area contributed by atoms with Crippen molar-refractivity contribution in [2.24, 2.45) is 0 Å². The van der Waals surface area contributed by atoms with Crippen molar-refractivity contribution in [2.75, 3.05) is 19.8 Å². The Morgan fingerprint density at radius 1 is 0.957 bits per heavy atom. The van der Waals surface area contributed by atoms with E-state index < -0.39 is 0 Å². The van der Waals surface area contributed by atoms with Crippen molar-refractivity contribution < 1.29 is 14.3 Å². The van der Waals surface area contributed by atoms with Crippen LogP contribution in [0.1, 0.15) is 12.8 Å². The Morgan fingerprint density at radius 2 is 1.70 bits per heavy atom. The number of hydrogen-bond donors (Lipinski definition) is 1. The van der Waals surface area contributed by atoms with Crippen molar-refractivity contribution in [3.8, 4) is 11.5 Å². The van der Waals surface area contributed by atoms with Gasteiger partial charge in [0, 0.05) is 10.9 Å². The summed E-state index contributed by atoms with van der Waals surface area (Å²) in [4.78, 5) is 11.7. The Hall–Kier alpha value is -2.01. The molecule has 0 atom stereocenters. The maximum absolute atomic E-state index is 11.7. The van der Waals surface area contributed by atoms with Gasteiger partial charge in [0.15, 0.2) is 0 Å². The zero-order valence-corrected chi connectivity index (χ0v) is 14.4. The molecule has 0 aliphatic heterocycles. The van der Waals surface area contributed by atoms with Crippen LogP contribution in [0.4, 0.5) is 0 Å². The number of amides is 1. The minimum absolute atomic E-state index is 0.0134. The molecule has 1 amide bonds. The van der Waals surface area contributed by atoms with Gasteiger partial charge >= 0.3 is 0 Å². The highest BCUT2D eigenvalue weighted by Gasteiger charge is 2.01. The highest BCUT2D eigenvalue weighted by atomic mass is 79.9. The molecule has 122 valence electrons. The Bertz CT molecular complexity index is 604. The Morgan fingerprint density at radius 3 is 2.48 bits per heavy atom. The van der Waals surface area contributed by atoms with Gasteiger partial charge in [0.2, 0.25) is 5.91 Å². The first-order valence-electron chi connectivity index (χ1n) is 7.57. The molecule has 1 N–H and O–H groups in total. The molecular formula is C18H20BrNO3. The van der Waals surface area contributed by atoms with Gasteiger partial charge < -0.3 is 14.8 Å². The molecule has 0 aliphatic rings. The number of carbonyl (C=O) groups is 1.